The average molecular weight is 574 g/mol. The van der Waals surface area contributed by atoms with Gasteiger partial charge < -0.3 is 0 Å². The maximum Gasteiger partial charge on any atom is 0.435 e. The largest absolute Gasteiger partial charge is 0.435 e. The van der Waals surface area contributed by atoms with Gasteiger partial charge >= 0.3 is 6.18 Å². The van der Waals surface area contributed by atoms with Crippen LogP contribution in [0.25, 0.3) is 11.6 Å². The van der Waals surface area contributed by atoms with Crippen molar-refractivity contribution >= 4 is 17.3 Å². The van der Waals surface area contributed by atoms with E-state index in [9.17, 15) is 13.2 Å². The van der Waals surface area contributed by atoms with E-state index in [1.165, 1.54) is 6.20 Å². The molecule has 4 aromatic heterocycles. The number of hydrogen-bond acceptors (Lipinski definition) is 5. The van der Waals surface area contributed by atoms with E-state index in [1.807, 2.05) is 48.4 Å². The Bertz CT molecular complexity index is 1690. The Balaban J connectivity index is 1.72. The fraction of sp³-hybridized carbons (Fsp3) is 0.312. The molecule has 218 valence electrons. The van der Waals surface area contributed by atoms with E-state index in [4.69, 9.17) is 9.97 Å². The molecular formula is C32H34F3N7. The van der Waals surface area contributed by atoms with Gasteiger partial charge in [-0.25, -0.2) is 19.3 Å². The van der Waals surface area contributed by atoms with Crippen molar-refractivity contribution in [3.63, 3.8) is 0 Å². The van der Waals surface area contributed by atoms with Gasteiger partial charge in [0.05, 0.1) is 5.69 Å². The Kier molecular flexibility index (Phi) is 7.20. The predicted octanol–water partition coefficient (Wildman–Crippen LogP) is 8.24. The molecule has 0 radical (unpaired) electrons. The zero-order valence-corrected chi connectivity index (χ0v) is 24.8. The Morgan fingerprint density at radius 3 is 1.57 bits per heavy atom. The van der Waals surface area contributed by atoms with Gasteiger partial charge in [0.1, 0.15) is 11.6 Å². The Labute approximate surface area is 243 Å². The van der Waals surface area contributed by atoms with E-state index in [0.717, 1.165) is 33.3 Å². The minimum atomic E-state index is -4.55. The molecule has 0 spiro atoms. The number of nitrogens with zero attached hydrogens (tertiary/aromatic N) is 7. The molecule has 0 saturated carbocycles. The lowest BCUT2D eigenvalue weighted by molar-refractivity contribution is -0.141. The van der Waals surface area contributed by atoms with Crippen molar-refractivity contribution in [3.05, 3.63) is 102 Å². The lowest BCUT2D eigenvalue weighted by Gasteiger charge is -2.30. The summed E-state index contributed by atoms with van der Waals surface area (Å²) >= 11 is 0. The molecule has 0 fully saturated rings. The van der Waals surface area contributed by atoms with Gasteiger partial charge in [0.15, 0.2) is 17.3 Å². The van der Waals surface area contributed by atoms with E-state index in [1.54, 1.807) is 16.8 Å². The summed E-state index contributed by atoms with van der Waals surface area (Å²) in [7, 11) is 0. The van der Waals surface area contributed by atoms with E-state index in [-0.39, 0.29) is 16.6 Å². The summed E-state index contributed by atoms with van der Waals surface area (Å²) in [6.07, 6.45) is -1.45. The maximum absolute atomic E-state index is 13.3. The molecule has 0 amide bonds. The zero-order valence-electron chi connectivity index (χ0n) is 24.8. The first-order valence-corrected chi connectivity index (χ1v) is 13.7. The second kappa shape index (κ2) is 10.4. The molecule has 4 heterocycles. The van der Waals surface area contributed by atoms with Crippen LogP contribution in [0.4, 0.5) is 30.5 Å². The molecule has 5 rings (SSSR count). The number of aromatic nitrogens is 6. The molecule has 0 saturated heterocycles. The van der Waals surface area contributed by atoms with Gasteiger partial charge in [-0.15, -0.1) is 0 Å². The Hall–Kier alpha value is -4.47. The highest BCUT2D eigenvalue weighted by Crippen LogP contribution is 2.39. The molecule has 7 nitrogen and oxygen atoms in total. The number of aryl methyl sites for hydroxylation is 1. The molecule has 0 aliphatic carbocycles. The molecule has 0 atom stereocenters. The summed E-state index contributed by atoms with van der Waals surface area (Å²) in [5, 5.41) is 8.24. The number of alkyl halides is 3. The summed E-state index contributed by atoms with van der Waals surface area (Å²) in [6.45, 7) is 14.9. The first kappa shape index (κ1) is 29.0. The number of benzene rings is 1. The van der Waals surface area contributed by atoms with Crippen molar-refractivity contribution in [1.29, 1.82) is 0 Å². The minimum absolute atomic E-state index is 0.151. The molecule has 0 aliphatic heterocycles. The Morgan fingerprint density at radius 2 is 1.14 bits per heavy atom. The van der Waals surface area contributed by atoms with Crippen molar-refractivity contribution in [2.24, 2.45) is 0 Å². The molecule has 0 bridgehead atoms. The van der Waals surface area contributed by atoms with Crippen molar-refractivity contribution in [2.75, 3.05) is 4.90 Å². The standard InChI is InChI=1S/C32H34F3N7/c1-21-14-16-40(38-21)26-10-8-12-28(36-26)42(24-19-22(30(2,3)4)18-23(20-24)31(5,6)7)29-13-9-11-27(37-29)41-17-15-25(39-41)32(33,34)35/h8-20H,1-7H3. The lowest BCUT2D eigenvalue weighted by atomic mass is 9.80. The van der Waals surface area contributed by atoms with Gasteiger partial charge in [0.2, 0.25) is 0 Å². The highest BCUT2D eigenvalue weighted by Gasteiger charge is 2.34. The van der Waals surface area contributed by atoms with Crippen LogP contribution in [0.3, 0.4) is 0 Å². The van der Waals surface area contributed by atoms with Crippen molar-refractivity contribution in [2.45, 2.75) is 65.5 Å². The van der Waals surface area contributed by atoms with E-state index < -0.39 is 11.9 Å². The topological polar surface area (TPSA) is 64.7 Å². The molecule has 0 unspecified atom stereocenters. The molecule has 10 heteroatoms. The third-order valence-corrected chi connectivity index (χ3v) is 6.88. The number of anilines is 3. The predicted molar refractivity (Wildman–Crippen MR) is 158 cm³/mol. The van der Waals surface area contributed by atoms with Crippen molar-refractivity contribution < 1.29 is 13.2 Å². The first-order chi connectivity index (χ1) is 19.6. The Morgan fingerprint density at radius 1 is 0.643 bits per heavy atom. The van der Waals surface area contributed by atoms with E-state index in [0.29, 0.717) is 17.5 Å². The summed E-state index contributed by atoms with van der Waals surface area (Å²) < 4.78 is 42.7. The molecule has 1 aromatic carbocycles. The molecule has 5 aromatic rings. The van der Waals surface area contributed by atoms with Crippen LogP contribution in [0.15, 0.2) is 79.1 Å². The van der Waals surface area contributed by atoms with Gasteiger partial charge in [-0.2, -0.15) is 23.4 Å². The molecule has 0 N–H and O–H groups in total. The van der Waals surface area contributed by atoms with Crippen LogP contribution in [0, 0.1) is 6.92 Å². The van der Waals surface area contributed by atoms with Crippen LogP contribution in [-0.4, -0.2) is 29.5 Å². The summed E-state index contributed by atoms with van der Waals surface area (Å²) in [6, 6.07) is 20.1. The highest BCUT2D eigenvalue weighted by molar-refractivity contribution is 5.74. The van der Waals surface area contributed by atoms with Crippen LogP contribution in [0.2, 0.25) is 0 Å². The molecule has 42 heavy (non-hydrogen) atoms. The zero-order chi connectivity index (χ0) is 30.4. The molecule has 0 aliphatic rings. The number of halogens is 3. The third-order valence-electron chi connectivity index (χ3n) is 6.88. The first-order valence-electron chi connectivity index (χ1n) is 13.7. The second-order valence-corrected chi connectivity index (χ2v) is 12.4. The maximum atomic E-state index is 13.3. The fourth-order valence-corrected chi connectivity index (χ4v) is 4.46. The van der Waals surface area contributed by atoms with Crippen LogP contribution < -0.4 is 4.90 Å². The van der Waals surface area contributed by atoms with Crippen LogP contribution in [0.1, 0.15) is 64.1 Å². The smallest absolute Gasteiger partial charge is 0.279 e. The number of hydrogen-bond donors (Lipinski definition) is 0. The number of pyridine rings is 2. The van der Waals surface area contributed by atoms with Gasteiger partial charge in [0.25, 0.3) is 0 Å². The van der Waals surface area contributed by atoms with E-state index >= 15 is 0 Å². The van der Waals surface area contributed by atoms with Gasteiger partial charge in [0, 0.05) is 18.1 Å². The third kappa shape index (κ3) is 6.07. The average Bonchev–Trinajstić information content (AvgIpc) is 3.58. The fourth-order valence-electron chi connectivity index (χ4n) is 4.46. The van der Waals surface area contributed by atoms with Crippen LogP contribution in [-0.2, 0) is 17.0 Å². The lowest BCUT2D eigenvalue weighted by Crippen LogP contribution is -2.20. The monoisotopic (exact) mass is 573 g/mol. The van der Waals surface area contributed by atoms with Crippen molar-refractivity contribution in [1.82, 2.24) is 29.5 Å². The van der Waals surface area contributed by atoms with Crippen molar-refractivity contribution in [3.8, 4) is 11.6 Å². The molecular weight excluding hydrogens is 539 g/mol. The SMILES string of the molecule is Cc1ccn(-c2cccc(N(c3cc(C(C)(C)C)cc(C(C)(C)C)c3)c3cccc(-n4ccc(C(F)(F)F)n4)n3)n2)n1. The van der Waals surface area contributed by atoms with Gasteiger partial charge in [-0.05, 0) is 77.4 Å². The van der Waals surface area contributed by atoms with Gasteiger partial charge in [-0.3, -0.25) is 4.90 Å². The van der Waals surface area contributed by atoms with E-state index in [2.05, 4.69) is 69.9 Å². The van der Waals surface area contributed by atoms with Crippen LogP contribution in [0.5, 0.6) is 0 Å². The second-order valence-electron chi connectivity index (χ2n) is 12.4. The number of rotatable bonds is 5. The highest BCUT2D eigenvalue weighted by atomic mass is 19.4. The summed E-state index contributed by atoms with van der Waals surface area (Å²) in [4.78, 5) is 11.6. The summed E-state index contributed by atoms with van der Waals surface area (Å²) in [5.74, 6) is 1.91. The summed E-state index contributed by atoms with van der Waals surface area (Å²) in [5.41, 5.74) is 2.67. The quantitative estimate of drug-likeness (QED) is 0.212. The minimum Gasteiger partial charge on any atom is -0.279 e. The van der Waals surface area contributed by atoms with Gasteiger partial charge in [-0.1, -0.05) is 59.7 Å². The normalized spacial score (nSPS) is 12.5. The van der Waals surface area contributed by atoms with Crippen LogP contribution >= 0.6 is 0 Å².